The van der Waals surface area contributed by atoms with Gasteiger partial charge in [-0.3, -0.25) is 9.59 Å². The average Bonchev–Trinajstić information content (AvgIpc) is 2.98. The molecule has 0 spiro atoms. The van der Waals surface area contributed by atoms with Crippen LogP contribution in [0.15, 0.2) is 54.6 Å². The van der Waals surface area contributed by atoms with Crippen molar-refractivity contribution in [2.45, 2.75) is 34.1 Å². The van der Waals surface area contributed by atoms with E-state index in [-0.39, 0.29) is 28.7 Å². The number of benzene rings is 3. The molecule has 0 radical (unpaired) electrons. The van der Waals surface area contributed by atoms with Crippen LogP contribution in [0.25, 0.3) is 0 Å². The Bertz CT molecular complexity index is 1490. The molecule has 3 aromatic carbocycles. The number of hydrogen-bond donors (Lipinski definition) is 4. The number of nitrogens with one attached hydrogen (secondary N) is 2. The van der Waals surface area contributed by atoms with Gasteiger partial charge in [-0.15, -0.1) is 0 Å². The number of carboxylic acids is 1. The molecular formula is C34H44N4O7. The maximum atomic E-state index is 13.4. The fraction of sp³-hybridized carbons (Fsp3) is 0.382. The van der Waals surface area contributed by atoms with E-state index in [9.17, 15) is 19.5 Å². The molecule has 3 rings (SSSR count). The fourth-order valence-electron chi connectivity index (χ4n) is 4.03. The van der Waals surface area contributed by atoms with E-state index in [1.807, 2.05) is 46.7 Å². The molecule has 11 nitrogen and oxygen atoms in total. The summed E-state index contributed by atoms with van der Waals surface area (Å²) in [6, 6.07) is 13.8. The van der Waals surface area contributed by atoms with E-state index in [2.05, 4.69) is 10.6 Å². The Hall–Kier alpha value is -4.77. The highest BCUT2D eigenvalue weighted by molar-refractivity contribution is 6.08. The van der Waals surface area contributed by atoms with Gasteiger partial charge in [-0.2, -0.15) is 0 Å². The minimum Gasteiger partial charge on any atom is -0.491 e. The molecule has 0 aromatic heterocycles. The van der Waals surface area contributed by atoms with Gasteiger partial charge in [-0.25, -0.2) is 4.79 Å². The summed E-state index contributed by atoms with van der Waals surface area (Å²) in [5, 5.41) is 15.1. The molecule has 0 atom stereocenters. The number of amides is 2. The Kier molecular flexibility index (Phi) is 12.6. The fourth-order valence-corrected chi connectivity index (χ4v) is 4.03. The van der Waals surface area contributed by atoms with Crippen molar-refractivity contribution in [1.29, 1.82) is 0 Å². The van der Waals surface area contributed by atoms with E-state index < -0.39 is 17.8 Å². The van der Waals surface area contributed by atoms with Crippen LogP contribution in [0.2, 0.25) is 0 Å². The number of hydrogen-bond acceptors (Lipinski definition) is 8. The minimum atomic E-state index is -1.10. The van der Waals surface area contributed by atoms with Gasteiger partial charge in [0.1, 0.15) is 17.2 Å². The van der Waals surface area contributed by atoms with Crippen LogP contribution in [0.1, 0.15) is 65.2 Å². The highest BCUT2D eigenvalue weighted by Crippen LogP contribution is 2.31. The van der Waals surface area contributed by atoms with Crippen LogP contribution >= 0.6 is 0 Å². The van der Waals surface area contributed by atoms with E-state index in [4.69, 9.17) is 19.9 Å². The van der Waals surface area contributed by atoms with Crippen LogP contribution in [-0.4, -0.2) is 68.3 Å². The summed E-state index contributed by atoms with van der Waals surface area (Å²) < 4.78 is 17.6. The zero-order chi connectivity index (χ0) is 33.1. The van der Waals surface area contributed by atoms with Crippen molar-refractivity contribution in [3.8, 4) is 17.2 Å². The van der Waals surface area contributed by atoms with Gasteiger partial charge in [-0.05, 0) is 86.9 Å². The molecule has 0 aliphatic carbocycles. The van der Waals surface area contributed by atoms with Crippen molar-refractivity contribution in [3.63, 3.8) is 0 Å². The number of carbonyl (C=O) groups is 3. The van der Waals surface area contributed by atoms with Gasteiger partial charge in [0, 0.05) is 17.7 Å². The second kappa shape index (κ2) is 16.3. The topological polar surface area (TPSA) is 152 Å². The first-order chi connectivity index (χ1) is 21.3. The summed E-state index contributed by atoms with van der Waals surface area (Å²) >= 11 is 0. The van der Waals surface area contributed by atoms with Gasteiger partial charge in [-0.1, -0.05) is 27.7 Å². The first-order valence-electron chi connectivity index (χ1n) is 14.9. The molecule has 0 aliphatic rings. The maximum Gasteiger partial charge on any atom is 0.335 e. The molecule has 0 saturated heterocycles. The number of nitrogen functional groups attached to an aromatic ring is 1. The number of rotatable bonds is 16. The number of ether oxygens (including phenoxy) is 3. The normalized spacial score (nSPS) is 11.0. The summed E-state index contributed by atoms with van der Waals surface area (Å²) in [7, 11) is 3.90. The van der Waals surface area contributed by atoms with Crippen LogP contribution in [0.4, 0.5) is 17.1 Å². The van der Waals surface area contributed by atoms with Crippen LogP contribution in [0.3, 0.4) is 0 Å². The summed E-state index contributed by atoms with van der Waals surface area (Å²) in [5.74, 6) is -0.496. The smallest absolute Gasteiger partial charge is 0.335 e. The lowest BCUT2D eigenvalue weighted by atomic mass is 10.1. The molecule has 5 N–H and O–H groups in total. The van der Waals surface area contributed by atoms with E-state index >= 15 is 0 Å². The molecular weight excluding hydrogens is 576 g/mol. The van der Waals surface area contributed by atoms with Crippen LogP contribution < -0.4 is 30.6 Å². The number of aromatic carboxylic acids is 1. The van der Waals surface area contributed by atoms with E-state index in [1.165, 1.54) is 18.2 Å². The molecule has 11 heteroatoms. The molecule has 0 aliphatic heterocycles. The maximum absolute atomic E-state index is 13.4. The van der Waals surface area contributed by atoms with Crippen molar-refractivity contribution < 1.29 is 33.7 Å². The predicted octanol–water partition coefficient (Wildman–Crippen LogP) is 5.87. The number of nitrogens with zero attached hydrogens (tertiary/aromatic N) is 1. The monoisotopic (exact) mass is 620 g/mol. The van der Waals surface area contributed by atoms with Crippen LogP contribution in [0, 0.1) is 11.8 Å². The van der Waals surface area contributed by atoms with E-state index in [0.29, 0.717) is 60.4 Å². The third-order valence-electron chi connectivity index (χ3n) is 6.40. The molecule has 45 heavy (non-hydrogen) atoms. The Morgan fingerprint density at radius 1 is 0.733 bits per heavy atom. The molecule has 0 fully saturated rings. The molecule has 0 unspecified atom stereocenters. The summed E-state index contributed by atoms with van der Waals surface area (Å²) in [6.07, 6.45) is 0.712. The lowest BCUT2D eigenvalue weighted by Crippen LogP contribution is -2.17. The highest BCUT2D eigenvalue weighted by Gasteiger charge is 2.18. The van der Waals surface area contributed by atoms with Crippen LogP contribution in [-0.2, 0) is 0 Å². The van der Waals surface area contributed by atoms with E-state index in [0.717, 1.165) is 6.54 Å². The number of carboxylic acid groups (broad SMARTS) is 1. The lowest BCUT2D eigenvalue weighted by Gasteiger charge is -2.17. The Morgan fingerprint density at radius 2 is 1.20 bits per heavy atom. The SMILES string of the molecule is CC(C)COc1cc(C(=O)Nc2ccc(C(=O)Nc3ccc(C(=O)O)cc3OCCCN(C)C)cc2OCC(C)C)ccc1N. The largest absolute Gasteiger partial charge is 0.491 e. The molecule has 0 bridgehead atoms. The zero-order valence-corrected chi connectivity index (χ0v) is 26.8. The molecule has 242 valence electrons. The van der Waals surface area contributed by atoms with Gasteiger partial charge < -0.3 is 40.6 Å². The minimum absolute atomic E-state index is 0.0415. The lowest BCUT2D eigenvalue weighted by molar-refractivity contribution is 0.0696. The summed E-state index contributed by atoms with van der Waals surface area (Å²) in [5.41, 5.74) is 7.85. The second-order valence-corrected chi connectivity index (χ2v) is 11.8. The Labute approximate surface area is 264 Å². The van der Waals surface area contributed by atoms with Crippen molar-refractivity contribution in [3.05, 3.63) is 71.3 Å². The van der Waals surface area contributed by atoms with Gasteiger partial charge in [0.2, 0.25) is 0 Å². The highest BCUT2D eigenvalue weighted by atomic mass is 16.5. The third-order valence-corrected chi connectivity index (χ3v) is 6.40. The standard InChI is InChI=1S/C34H44N4O7/c1-21(2)19-44-29-16-23(8-11-26(29)35)32(39)37-28-12-9-24(17-31(28)45-20-22(3)4)33(40)36-27-13-10-25(34(41)42)18-30(27)43-15-7-14-38(5)6/h8-13,16-18,21-22H,7,14-15,19-20,35H2,1-6H3,(H,36,40)(H,37,39)(H,41,42). The van der Waals surface area contributed by atoms with Crippen LogP contribution in [0.5, 0.6) is 17.2 Å². The zero-order valence-electron chi connectivity index (χ0n) is 26.8. The third kappa shape index (κ3) is 10.7. The second-order valence-electron chi connectivity index (χ2n) is 11.8. The summed E-state index contributed by atoms with van der Waals surface area (Å²) in [6.45, 7) is 9.95. The Morgan fingerprint density at radius 3 is 1.73 bits per heavy atom. The molecule has 3 aromatic rings. The number of nitrogens with two attached hydrogens (primary N) is 1. The molecule has 2 amide bonds. The van der Waals surface area contributed by atoms with Crippen molar-refractivity contribution in [1.82, 2.24) is 4.90 Å². The van der Waals surface area contributed by atoms with Gasteiger partial charge in [0.25, 0.3) is 11.8 Å². The van der Waals surface area contributed by atoms with Gasteiger partial charge >= 0.3 is 5.97 Å². The first kappa shape index (κ1) is 34.7. The van der Waals surface area contributed by atoms with Gasteiger partial charge in [0.05, 0.1) is 42.4 Å². The van der Waals surface area contributed by atoms with Gasteiger partial charge in [0.15, 0.2) is 0 Å². The van der Waals surface area contributed by atoms with Crippen molar-refractivity contribution in [2.75, 3.05) is 56.8 Å². The van der Waals surface area contributed by atoms with Crippen molar-refractivity contribution in [2.24, 2.45) is 11.8 Å². The first-order valence-corrected chi connectivity index (χ1v) is 14.9. The molecule has 0 saturated carbocycles. The molecule has 0 heterocycles. The van der Waals surface area contributed by atoms with E-state index in [1.54, 1.807) is 36.4 Å². The predicted molar refractivity (Wildman–Crippen MR) is 176 cm³/mol. The number of anilines is 3. The van der Waals surface area contributed by atoms with Crippen molar-refractivity contribution >= 4 is 34.8 Å². The summed E-state index contributed by atoms with van der Waals surface area (Å²) in [4.78, 5) is 40.2. The average molecular weight is 621 g/mol. The Balaban J connectivity index is 1.84. The quantitative estimate of drug-likeness (QED) is 0.114. The number of carbonyl (C=O) groups excluding carboxylic acids is 2.